The molecule has 2 rings (SSSR count). The first-order valence-electron chi connectivity index (χ1n) is 6.06. The number of hydrogen-bond acceptors (Lipinski definition) is 3. The lowest BCUT2D eigenvalue weighted by atomic mass is 10.1. The van der Waals surface area contributed by atoms with Crippen molar-refractivity contribution in [3.05, 3.63) is 65.0 Å². The van der Waals surface area contributed by atoms with Gasteiger partial charge in [-0.25, -0.2) is 4.39 Å². The Morgan fingerprint density at radius 3 is 2.75 bits per heavy atom. The number of rotatable bonds is 4. The SMILES string of the molecule is Cc1ccccc1OCc1cc(F)cc(/C(N)=N/O)c1. The van der Waals surface area contributed by atoms with E-state index in [1.165, 1.54) is 12.1 Å². The van der Waals surface area contributed by atoms with Crippen molar-refractivity contribution in [2.75, 3.05) is 0 Å². The predicted molar refractivity (Wildman–Crippen MR) is 74.4 cm³/mol. The number of hydrogen-bond donors (Lipinski definition) is 2. The quantitative estimate of drug-likeness (QED) is 0.390. The van der Waals surface area contributed by atoms with Crippen LogP contribution in [-0.4, -0.2) is 11.0 Å². The van der Waals surface area contributed by atoms with Crippen LogP contribution in [0.4, 0.5) is 4.39 Å². The van der Waals surface area contributed by atoms with Gasteiger partial charge in [-0.05, 0) is 42.3 Å². The third kappa shape index (κ3) is 3.26. The molecule has 0 fully saturated rings. The zero-order valence-electron chi connectivity index (χ0n) is 11.0. The maximum absolute atomic E-state index is 13.5. The second kappa shape index (κ2) is 6.06. The number of nitrogens with zero attached hydrogens (tertiary/aromatic N) is 1. The highest BCUT2D eigenvalue weighted by Crippen LogP contribution is 2.18. The molecule has 2 aromatic rings. The summed E-state index contributed by atoms with van der Waals surface area (Å²) in [6.45, 7) is 2.14. The van der Waals surface area contributed by atoms with Crippen LogP contribution < -0.4 is 10.5 Å². The van der Waals surface area contributed by atoms with Crippen molar-refractivity contribution < 1.29 is 14.3 Å². The lowest BCUT2D eigenvalue weighted by Crippen LogP contribution is -2.14. The summed E-state index contributed by atoms with van der Waals surface area (Å²) in [4.78, 5) is 0. The molecule has 0 aliphatic carbocycles. The third-order valence-electron chi connectivity index (χ3n) is 2.85. The van der Waals surface area contributed by atoms with Crippen molar-refractivity contribution in [1.29, 1.82) is 0 Å². The van der Waals surface area contributed by atoms with E-state index in [4.69, 9.17) is 15.7 Å². The molecule has 104 valence electrons. The zero-order valence-corrected chi connectivity index (χ0v) is 11.0. The van der Waals surface area contributed by atoms with Gasteiger partial charge in [-0.1, -0.05) is 23.4 Å². The number of amidine groups is 1. The van der Waals surface area contributed by atoms with Crippen LogP contribution in [0.5, 0.6) is 5.75 Å². The van der Waals surface area contributed by atoms with Gasteiger partial charge >= 0.3 is 0 Å². The lowest BCUT2D eigenvalue weighted by Gasteiger charge is -2.10. The molecule has 4 nitrogen and oxygen atoms in total. The first kappa shape index (κ1) is 13.9. The van der Waals surface area contributed by atoms with Crippen molar-refractivity contribution in [3.8, 4) is 5.75 Å². The Bertz CT molecular complexity index is 642. The van der Waals surface area contributed by atoms with Gasteiger partial charge in [0.15, 0.2) is 5.84 Å². The Balaban J connectivity index is 2.18. The summed E-state index contributed by atoms with van der Waals surface area (Å²) in [6, 6.07) is 11.7. The summed E-state index contributed by atoms with van der Waals surface area (Å²) in [5.74, 6) is 0.140. The molecule has 0 atom stereocenters. The molecule has 20 heavy (non-hydrogen) atoms. The van der Waals surface area contributed by atoms with E-state index in [9.17, 15) is 4.39 Å². The minimum absolute atomic E-state index is 0.137. The number of oxime groups is 1. The van der Waals surface area contributed by atoms with Gasteiger partial charge in [-0.3, -0.25) is 0 Å². The molecule has 0 saturated carbocycles. The maximum Gasteiger partial charge on any atom is 0.170 e. The topological polar surface area (TPSA) is 67.8 Å². The molecule has 0 heterocycles. The van der Waals surface area contributed by atoms with E-state index in [-0.39, 0.29) is 12.4 Å². The molecule has 0 aromatic heterocycles. The Morgan fingerprint density at radius 1 is 1.30 bits per heavy atom. The molecule has 2 aromatic carbocycles. The minimum atomic E-state index is -0.461. The van der Waals surface area contributed by atoms with Crippen LogP contribution in [0.1, 0.15) is 16.7 Å². The standard InChI is InChI=1S/C15H15FN2O2/c1-10-4-2-3-5-14(10)20-9-11-6-12(15(17)18-19)8-13(16)7-11/h2-8,19H,9H2,1H3,(H2,17,18). The molecule has 0 aliphatic rings. The van der Waals surface area contributed by atoms with Gasteiger partial charge in [-0.2, -0.15) is 0 Å². The highest BCUT2D eigenvalue weighted by atomic mass is 19.1. The number of aryl methyl sites for hydroxylation is 1. The summed E-state index contributed by atoms with van der Waals surface area (Å²) in [7, 11) is 0. The second-order valence-electron chi connectivity index (χ2n) is 4.39. The lowest BCUT2D eigenvalue weighted by molar-refractivity contribution is 0.303. The van der Waals surface area contributed by atoms with Crippen LogP contribution in [0.3, 0.4) is 0 Å². The largest absolute Gasteiger partial charge is 0.489 e. The molecule has 0 unspecified atom stereocenters. The zero-order chi connectivity index (χ0) is 14.5. The summed E-state index contributed by atoms with van der Waals surface area (Å²) in [5, 5.41) is 11.5. The van der Waals surface area contributed by atoms with E-state index in [1.807, 2.05) is 31.2 Å². The van der Waals surface area contributed by atoms with Crippen LogP contribution >= 0.6 is 0 Å². The molecule has 0 amide bonds. The molecule has 0 bridgehead atoms. The fourth-order valence-electron chi connectivity index (χ4n) is 1.82. The van der Waals surface area contributed by atoms with Crippen molar-refractivity contribution in [1.82, 2.24) is 0 Å². The van der Waals surface area contributed by atoms with Crippen molar-refractivity contribution in [2.24, 2.45) is 10.9 Å². The molecule has 3 N–H and O–H groups in total. The average molecular weight is 274 g/mol. The van der Waals surface area contributed by atoms with Gasteiger partial charge in [0.05, 0.1) is 0 Å². The molecule has 0 spiro atoms. The van der Waals surface area contributed by atoms with Gasteiger partial charge in [0.2, 0.25) is 0 Å². The van der Waals surface area contributed by atoms with E-state index in [2.05, 4.69) is 5.16 Å². The summed E-state index contributed by atoms with van der Waals surface area (Å²) < 4.78 is 19.1. The van der Waals surface area contributed by atoms with Gasteiger partial charge in [0.25, 0.3) is 0 Å². The Hall–Kier alpha value is -2.56. The highest BCUT2D eigenvalue weighted by Gasteiger charge is 2.06. The van der Waals surface area contributed by atoms with Gasteiger partial charge in [0.1, 0.15) is 18.2 Å². The van der Waals surface area contributed by atoms with E-state index >= 15 is 0 Å². The molecule has 5 heteroatoms. The van der Waals surface area contributed by atoms with Crippen molar-refractivity contribution in [3.63, 3.8) is 0 Å². The van der Waals surface area contributed by atoms with Crippen LogP contribution in [0.25, 0.3) is 0 Å². The number of nitrogens with two attached hydrogens (primary N) is 1. The summed E-state index contributed by atoms with van der Waals surface area (Å²) in [6.07, 6.45) is 0. The van der Waals surface area contributed by atoms with E-state index in [0.29, 0.717) is 11.1 Å². The number of benzene rings is 2. The fraction of sp³-hybridized carbons (Fsp3) is 0.133. The van der Waals surface area contributed by atoms with Gasteiger partial charge in [-0.15, -0.1) is 0 Å². The highest BCUT2D eigenvalue weighted by molar-refractivity contribution is 5.97. The Kier molecular flexibility index (Phi) is 4.20. The normalized spacial score (nSPS) is 11.4. The summed E-state index contributed by atoms with van der Waals surface area (Å²) in [5.41, 5.74) is 7.38. The maximum atomic E-state index is 13.5. The van der Waals surface area contributed by atoms with Gasteiger partial charge < -0.3 is 15.7 Å². The first-order chi connectivity index (χ1) is 9.60. The molecular formula is C15H15FN2O2. The second-order valence-corrected chi connectivity index (χ2v) is 4.39. The third-order valence-corrected chi connectivity index (χ3v) is 2.85. The molecule has 0 saturated heterocycles. The molecule has 0 radical (unpaired) electrons. The summed E-state index contributed by atoms with van der Waals surface area (Å²) >= 11 is 0. The Labute approximate surface area is 116 Å². The van der Waals surface area contributed by atoms with E-state index < -0.39 is 5.82 Å². The minimum Gasteiger partial charge on any atom is -0.489 e. The smallest absolute Gasteiger partial charge is 0.170 e. The number of para-hydroxylation sites is 1. The van der Waals surface area contributed by atoms with Gasteiger partial charge in [0, 0.05) is 5.56 Å². The van der Waals surface area contributed by atoms with Crippen LogP contribution in [0.2, 0.25) is 0 Å². The van der Waals surface area contributed by atoms with Crippen LogP contribution in [0.15, 0.2) is 47.6 Å². The van der Waals surface area contributed by atoms with Crippen molar-refractivity contribution >= 4 is 5.84 Å². The fourth-order valence-corrected chi connectivity index (χ4v) is 1.82. The van der Waals surface area contributed by atoms with Crippen molar-refractivity contribution in [2.45, 2.75) is 13.5 Å². The van der Waals surface area contributed by atoms with E-state index in [0.717, 1.165) is 11.3 Å². The number of halogens is 1. The van der Waals surface area contributed by atoms with Crippen LogP contribution in [-0.2, 0) is 6.61 Å². The predicted octanol–water partition coefficient (Wildman–Crippen LogP) is 2.81. The Morgan fingerprint density at radius 2 is 2.05 bits per heavy atom. The number of ether oxygens (including phenoxy) is 1. The molecule has 0 aliphatic heterocycles. The van der Waals surface area contributed by atoms with E-state index in [1.54, 1.807) is 6.07 Å². The average Bonchev–Trinajstić information content (AvgIpc) is 2.45. The monoisotopic (exact) mass is 274 g/mol. The van der Waals surface area contributed by atoms with Crippen LogP contribution in [0, 0.1) is 12.7 Å². The molecular weight excluding hydrogens is 259 g/mol. The first-order valence-corrected chi connectivity index (χ1v) is 6.06.